The number of hydrogen-bond acceptors (Lipinski definition) is 5. The van der Waals surface area contributed by atoms with Crippen LogP contribution in [-0.2, 0) is 9.59 Å². The van der Waals surface area contributed by atoms with Gasteiger partial charge in [-0.05, 0) is 50.8 Å². The zero-order valence-corrected chi connectivity index (χ0v) is 17.3. The number of ketones is 1. The number of nitrogens with zero attached hydrogens (tertiary/aromatic N) is 2. The summed E-state index contributed by atoms with van der Waals surface area (Å²) in [6, 6.07) is 12.2. The standard InChI is InChI=1S/C23H25FN2O4/c1-25(2)12-7-13-26-20(15-8-5-4-6-9-15)19(22(28)23(26)29)21(27)16-10-11-18(30-3)17(24)14-16/h4-6,8-11,14,20,27H,7,12-13H2,1-3H3/b21-19+. The van der Waals surface area contributed by atoms with Gasteiger partial charge in [-0.2, -0.15) is 0 Å². The van der Waals surface area contributed by atoms with E-state index in [0.29, 0.717) is 18.5 Å². The van der Waals surface area contributed by atoms with Crippen molar-refractivity contribution >= 4 is 17.4 Å². The average Bonchev–Trinajstić information content (AvgIpc) is 2.98. The van der Waals surface area contributed by atoms with Crippen LogP contribution in [0.3, 0.4) is 0 Å². The van der Waals surface area contributed by atoms with Gasteiger partial charge in [0.1, 0.15) is 5.76 Å². The topological polar surface area (TPSA) is 70.1 Å². The van der Waals surface area contributed by atoms with Gasteiger partial charge in [-0.3, -0.25) is 9.59 Å². The van der Waals surface area contributed by atoms with Gasteiger partial charge in [0, 0.05) is 12.1 Å². The fourth-order valence-corrected chi connectivity index (χ4v) is 3.62. The summed E-state index contributed by atoms with van der Waals surface area (Å²) in [7, 11) is 5.20. The first-order valence-electron chi connectivity index (χ1n) is 9.67. The summed E-state index contributed by atoms with van der Waals surface area (Å²) in [5, 5.41) is 10.9. The Morgan fingerprint density at radius 1 is 1.17 bits per heavy atom. The molecule has 0 bridgehead atoms. The summed E-state index contributed by atoms with van der Waals surface area (Å²) in [5.41, 5.74) is 0.776. The predicted octanol–water partition coefficient (Wildman–Crippen LogP) is 3.21. The molecule has 2 aromatic carbocycles. The highest BCUT2D eigenvalue weighted by atomic mass is 19.1. The molecule has 30 heavy (non-hydrogen) atoms. The van der Waals surface area contributed by atoms with E-state index in [0.717, 1.165) is 12.6 Å². The number of carbonyl (C=O) groups excluding carboxylic acids is 2. The Labute approximate surface area is 175 Å². The van der Waals surface area contributed by atoms with Crippen LogP contribution in [0.4, 0.5) is 4.39 Å². The maximum Gasteiger partial charge on any atom is 0.295 e. The number of rotatable bonds is 7. The van der Waals surface area contributed by atoms with E-state index in [-0.39, 0.29) is 16.9 Å². The lowest BCUT2D eigenvalue weighted by atomic mass is 9.95. The molecule has 1 aliphatic rings. The fourth-order valence-electron chi connectivity index (χ4n) is 3.62. The molecule has 2 aromatic rings. The van der Waals surface area contributed by atoms with E-state index < -0.39 is 29.3 Å². The van der Waals surface area contributed by atoms with Crippen molar-refractivity contribution in [2.75, 3.05) is 34.3 Å². The van der Waals surface area contributed by atoms with E-state index in [1.165, 1.54) is 24.1 Å². The molecule has 0 spiro atoms. The Morgan fingerprint density at radius 3 is 2.47 bits per heavy atom. The third-order valence-corrected chi connectivity index (χ3v) is 5.08. The number of amides is 1. The molecule has 0 aliphatic carbocycles. The van der Waals surface area contributed by atoms with E-state index in [2.05, 4.69) is 0 Å². The van der Waals surface area contributed by atoms with Crippen LogP contribution in [0.2, 0.25) is 0 Å². The van der Waals surface area contributed by atoms with Crippen molar-refractivity contribution in [2.45, 2.75) is 12.5 Å². The van der Waals surface area contributed by atoms with Gasteiger partial charge in [0.2, 0.25) is 0 Å². The number of halogens is 1. The lowest BCUT2D eigenvalue weighted by Crippen LogP contribution is -2.32. The summed E-state index contributed by atoms with van der Waals surface area (Å²) < 4.78 is 19.1. The van der Waals surface area contributed by atoms with Gasteiger partial charge in [-0.25, -0.2) is 4.39 Å². The first-order valence-corrected chi connectivity index (χ1v) is 9.67. The van der Waals surface area contributed by atoms with Gasteiger partial charge in [0.05, 0.1) is 18.7 Å². The quantitative estimate of drug-likeness (QED) is 0.430. The molecule has 1 unspecified atom stereocenters. The summed E-state index contributed by atoms with van der Waals surface area (Å²) in [4.78, 5) is 29.2. The maximum absolute atomic E-state index is 14.2. The average molecular weight is 412 g/mol. The van der Waals surface area contributed by atoms with Crippen LogP contribution < -0.4 is 4.74 Å². The Hall–Kier alpha value is -3.19. The predicted molar refractivity (Wildman–Crippen MR) is 112 cm³/mol. The fraction of sp³-hybridized carbons (Fsp3) is 0.304. The summed E-state index contributed by atoms with van der Waals surface area (Å²) in [6.07, 6.45) is 0.667. The third kappa shape index (κ3) is 4.21. The number of hydrogen-bond donors (Lipinski definition) is 1. The minimum atomic E-state index is -0.776. The lowest BCUT2D eigenvalue weighted by Gasteiger charge is -2.26. The van der Waals surface area contributed by atoms with Crippen molar-refractivity contribution < 1.29 is 23.8 Å². The third-order valence-electron chi connectivity index (χ3n) is 5.08. The van der Waals surface area contributed by atoms with E-state index in [9.17, 15) is 19.1 Å². The number of ether oxygens (including phenoxy) is 1. The van der Waals surface area contributed by atoms with E-state index >= 15 is 0 Å². The van der Waals surface area contributed by atoms with Crippen LogP contribution in [0.1, 0.15) is 23.6 Å². The number of likely N-dealkylation sites (tertiary alicyclic amines) is 1. The SMILES string of the molecule is COc1ccc(/C(O)=C2\C(=O)C(=O)N(CCCN(C)C)C2c2ccccc2)cc1F. The molecule has 158 valence electrons. The molecule has 1 atom stereocenters. The van der Waals surface area contributed by atoms with Crippen molar-refractivity contribution in [3.8, 4) is 5.75 Å². The van der Waals surface area contributed by atoms with Crippen molar-refractivity contribution in [3.05, 3.63) is 71.0 Å². The molecule has 1 N–H and O–H groups in total. The first-order chi connectivity index (χ1) is 14.3. The molecule has 0 saturated carbocycles. The number of carbonyl (C=O) groups is 2. The van der Waals surface area contributed by atoms with Gasteiger partial charge in [-0.1, -0.05) is 30.3 Å². The number of Topliss-reactive ketones (excluding diaryl/α,β-unsaturated/α-hetero) is 1. The number of methoxy groups -OCH3 is 1. The minimum Gasteiger partial charge on any atom is -0.507 e. The second-order valence-corrected chi connectivity index (χ2v) is 7.41. The molecule has 6 nitrogen and oxygen atoms in total. The highest BCUT2D eigenvalue weighted by molar-refractivity contribution is 6.46. The summed E-state index contributed by atoms with van der Waals surface area (Å²) in [5.74, 6) is -2.49. The summed E-state index contributed by atoms with van der Waals surface area (Å²) >= 11 is 0. The second kappa shape index (κ2) is 9.09. The van der Waals surface area contributed by atoms with Crippen LogP contribution in [0, 0.1) is 5.82 Å². The molecular formula is C23H25FN2O4. The van der Waals surface area contributed by atoms with E-state index in [4.69, 9.17) is 4.74 Å². The van der Waals surface area contributed by atoms with E-state index in [1.54, 1.807) is 12.1 Å². The lowest BCUT2D eigenvalue weighted by molar-refractivity contribution is -0.139. The molecule has 1 aliphatic heterocycles. The highest BCUT2D eigenvalue weighted by Gasteiger charge is 2.45. The Balaban J connectivity index is 2.08. The molecule has 7 heteroatoms. The Bertz CT molecular complexity index is 972. The van der Waals surface area contributed by atoms with Gasteiger partial charge in [-0.15, -0.1) is 0 Å². The van der Waals surface area contributed by atoms with Crippen LogP contribution in [-0.4, -0.2) is 60.9 Å². The largest absolute Gasteiger partial charge is 0.507 e. The zero-order chi connectivity index (χ0) is 21.8. The number of aliphatic hydroxyl groups is 1. The molecule has 1 saturated heterocycles. The minimum absolute atomic E-state index is 0.0234. The smallest absolute Gasteiger partial charge is 0.295 e. The first kappa shape index (κ1) is 21.5. The monoisotopic (exact) mass is 412 g/mol. The normalized spacial score (nSPS) is 18.3. The molecular weight excluding hydrogens is 387 g/mol. The van der Waals surface area contributed by atoms with E-state index in [1.807, 2.05) is 37.2 Å². The van der Waals surface area contributed by atoms with Crippen molar-refractivity contribution in [2.24, 2.45) is 0 Å². The zero-order valence-electron chi connectivity index (χ0n) is 17.3. The maximum atomic E-state index is 14.2. The van der Waals surface area contributed by atoms with Crippen LogP contribution in [0.15, 0.2) is 54.1 Å². The molecule has 0 aromatic heterocycles. The van der Waals surface area contributed by atoms with Crippen molar-refractivity contribution in [3.63, 3.8) is 0 Å². The van der Waals surface area contributed by atoms with Gasteiger partial charge < -0.3 is 19.6 Å². The molecule has 1 amide bonds. The Kier molecular flexibility index (Phi) is 6.52. The van der Waals surface area contributed by atoms with Crippen molar-refractivity contribution in [1.29, 1.82) is 0 Å². The van der Waals surface area contributed by atoms with Crippen LogP contribution in [0.25, 0.3) is 5.76 Å². The molecule has 0 radical (unpaired) electrons. The summed E-state index contributed by atoms with van der Waals surface area (Å²) in [6.45, 7) is 1.10. The van der Waals surface area contributed by atoms with Crippen molar-refractivity contribution in [1.82, 2.24) is 9.80 Å². The Morgan fingerprint density at radius 2 is 1.87 bits per heavy atom. The number of aliphatic hydroxyl groups excluding tert-OH is 1. The van der Waals surface area contributed by atoms with Crippen LogP contribution >= 0.6 is 0 Å². The van der Waals surface area contributed by atoms with Gasteiger partial charge in [0.15, 0.2) is 11.6 Å². The molecule has 1 heterocycles. The number of benzene rings is 2. The van der Waals surface area contributed by atoms with Gasteiger partial charge >= 0.3 is 0 Å². The van der Waals surface area contributed by atoms with Crippen LogP contribution in [0.5, 0.6) is 5.75 Å². The molecule has 3 rings (SSSR count). The van der Waals surface area contributed by atoms with Gasteiger partial charge in [0.25, 0.3) is 11.7 Å². The molecule has 1 fully saturated rings. The second-order valence-electron chi connectivity index (χ2n) is 7.41. The highest BCUT2D eigenvalue weighted by Crippen LogP contribution is 2.39.